The Morgan fingerprint density at radius 3 is 2.76 bits per heavy atom. The van der Waals surface area contributed by atoms with E-state index in [0.29, 0.717) is 24.0 Å². The first-order valence-corrected chi connectivity index (χ1v) is 11.3. The molecular formula is C26H28FN5O. The van der Waals surface area contributed by atoms with E-state index in [-0.39, 0.29) is 23.4 Å². The highest BCUT2D eigenvalue weighted by molar-refractivity contribution is 6.00. The predicted octanol–water partition coefficient (Wildman–Crippen LogP) is 5.07. The second kappa shape index (κ2) is 7.33. The summed E-state index contributed by atoms with van der Waals surface area (Å²) in [5, 5.41) is 15.5. The molecule has 5 rings (SSSR count). The number of nitrogens with one attached hydrogen (secondary N) is 2. The van der Waals surface area contributed by atoms with E-state index >= 15 is 0 Å². The van der Waals surface area contributed by atoms with Gasteiger partial charge in [0, 0.05) is 34.5 Å². The Balaban J connectivity index is 1.78. The van der Waals surface area contributed by atoms with Gasteiger partial charge in [0.25, 0.3) is 5.91 Å². The standard InChI is InChI=1S/C26H28FN5O/c1-6-26(17-9-7-8-16(11-17)18-10-14(2)28-13-19(18)27)21-15(3)31-32-23(21)29-20-12-25(4,5)30-24(33)22(20)26/h7-11,13,23,29H,6,12H2,1-5H3,(H,30,33). The first kappa shape index (κ1) is 21.5. The van der Waals surface area contributed by atoms with Gasteiger partial charge in [-0.3, -0.25) is 9.78 Å². The van der Waals surface area contributed by atoms with Gasteiger partial charge in [-0.1, -0.05) is 25.1 Å². The second-order valence-corrected chi connectivity index (χ2v) is 9.77. The van der Waals surface area contributed by atoms with Gasteiger partial charge in [0.2, 0.25) is 0 Å². The van der Waals surface area contributed by atoms with Crippen LogP contribution in [0.1, 0.15) is 51.8 Å². The van der Waals surface area contributed by atoms with Crippen molar-refractivity contribution in [3.05, 3.63) is 76.1 Å². The molecule has 2 unspecified atom stereocenters. The first-order chi connectivity index (χ1) is 15.7. The summed E-state index contributed by atoms with van der Waals surface area (Å²) >= 11 is 0. The maximum Gasteiger partial charge on any atom is 0.250 e. The molecule has 0 saturated carbocycles. The minimum absolute atomic E-state index is 0.0856. The summed E-state index contributed by atoms with van der Waals surface area (Å²) in [6.07, 6.45) is 2.27. The van der Waals surface area contributed by atoms with Crippen molar-refractivity contribution in [2.75, 3.05) is 0 Å². The maximum atomic E-state index is 14.7. The molecule has 3 aliphatic rings. The molecule has 7 heteroatoms. The van der Waals surface area contributed by atoms with Crippen LogP contribution in [0.3, 0.4) is 0 Å². The molecule has 1 aromatic carbocycles. The van der Waals surface area contributed by atoms with Gasteiger partial charge in [-0.25, -0.2) is 4.39 Å². The highest BCUT2D eigenvalue weighted by Gasteiger charge is 2.54. The number of benzene rings is 1. The van der Waals surface area contributed by atoms with Crippen molar-refractivity contribution in [3.8, 4) is 11.1 Å². The molecule has 2 atom stereocenters. The number of allylic oxidation sites excluding steroid dienone is 1. The van der Waals surface area contributed by atoms with Gasteiger partial charge < -0.3 is 10.6 Å². The molecule has 0 radical (unpaired) electrons. The molecule has 6 nitrogen and oxygen atoms in total. The lowest BCUT2D eigenvalue weighted by Crippen LogP contribution is -2.58. The normalized spacial score (nSPS) is 25.5. The minimum Gasteiger partial charge on any atom is -0.362 e. The van der Waals surface area contributed by atoms with Gasteiger partial charge in [0.1, 0.15) is 5.82 Å². The minimum atomic E-state index is -0.714. The third kappa shape index (κ3) is 3.21. The summed E-state index contributed by atoms with van der Waals surface area (Å²) in [6.45, 7) is 9.91. The van der Waals surface area contributed by atoms with Crippen LogP contribution in [0.15, 0.2) is 69.3 Å². The van der Waals surface area contributed by atoms with E-state index < -0.39 is 5.41 Å². The number of aromatic nitrogens is 1. The molecule has 2 aromatic rings. The van der Waals surface area contributed by atoms with Crippen molar-refractivity contribution in [2.24, 2.45) is 10.2 Å². The molecule has 4 heterocycles. The SMILES string of the molecule is CCC1(c2cccc(-c3cc(C)ncc3F)c2)C2=C(CC(C)(C)NC2=O)NC2N=NC(C)=C21. The third-order valence-corrected chi connectivity index (χ3v) is 6.97. The van der Waals surface area contributed by atoms with Crippen LogP contribution in [0.25, 0.3) is 11.1 Å². The summed E-state index contributed by atoms with van der Waals surface area (Å²) in [5.41, 5.74) is 5.27. The molecule has 1 aromatic heterocycles. The second-order valence-electron chi connectivity index (χ2n) is 9.77. The first-order valence-electron chi connectivity index (χ1n) is 11.3. The van der Waals surface area contributed by atoms with Crippen LogP contribution in [0.4, 0.5) is 4.39 Å². The zero-order valence-corrected chi connectivity index (χ0v) is 19.6. The highest BCUT2D eigenvalue weighted by atomic mass is 19.1. The Morgan fingerprint density at radius 2 is 2.00 bits per heavy atom. The molecule has 0 saturated heterocycles. The average molecular weight is 446 g/mol. The van der Waals surface area contributed by atoms with Crippen molar-refractivity contribution in [2.45, 2.75) is 64.6 Å². The molecule has 3 aliphatic heterocycles. The number of fused-ring (bicyclic) bond motifs is 1. The molecular weight excluding hydrogens is 417 g/mol. The zero-order valence-electron chi connectivity index (χ0n) is 19.6. The maximum absolute atomic E-state index is 14.7. The molecule has 170 valence electrons. The van der Waals surface area contributed by atoms with Gasteiger partial charge >= 0.3 is 0 Å². The Hall–Kier alpha value is -3.35. The highest BCUT2D eigenvalue weighted by Crippen LogP contribution is 2.53. The Bertz CT molecular complexity index is 1280. The largest absolute Gasteiger partial charge is 0.362 e. The van der Waals surface area contributed by atoms with Crippen LogP contribution in [0.2, 0.25) is 0 Å². The van der Waals surface area contributed by atoms with E-state index in [0.717, 1.165) is 33.8 Å². The molecule has 0 bridgehead atoms. The number of hydrogen-bond donors (Lipinski definition) is 2. The summed E-state index contributed by atoms with van der Waals surface area (Å²) in [4.78, 5) is 17.6. The number of carbonyl (C=O) groups is 1. The van der Waals surface area contributed by atoms with Crippen LogP contribution in [0, 0.1) is 12.7 Å². The van der Waals surface area contributed by atoms with Crippen LogP contribution < -0.4 is 10.6 Å². The number of pyridine rings is 1. The zero-order chi connectivity index (χ0) is 23.5. The number of aryl methyl sites for hydroxylation is 1. The number of hydrogen-bond acceptors (Lipinski definition) is 5. The monoisotopic (exact) mass is 445 g/mol. The lowest BCUT2D eigenvalue weighted by Gasteiger charge is -2.48. The van der Waals surface area contributed by atoms with E-state index in [1.165, 1.54) is 6.20 Å². The predicted molar refractivity (Wildman–Crippen MR) is 125 cm³/mol. The van der Waals surface area contributed by atoms with Gasteiger partial charge in [-0.2, -0.15) is 10.2 Å². The van der Waals surface area contributed by atoms with E-state index in [2.05, 4.69) is 32.8 Å². The topological polar surface area (TPSA) is 78.7 Å². The summed E-state index contributed by atoms with van der Waals surface area (Å²) in [5.74, 6) is -0.456. The van der Waals surface area contributed by atoms with E-state index in [4.69, 9.17) is 0 Å². The van der Waals surface area contributed by atoms with E-state index in [1.54, 1.807) is 6.07 Å². The average Bonchev–Trinajstić information content (AvgIpc) is 3.14. The van der Waals surface area contributed by atoms with Crippen LogP contribution in [0.5, 0.6) is 0 Å². The van der Waals surface area contributed by atoms with E-state index in [1.807, 2.05) is 52.0 Å². The lowest BCUT2D eigenvalue weighted by molar-refractivity contribution is -0.120. The fraction of sp³-hybridized carbons (Fsp3) is 0.385. The molecule has 0 aliphatic carbocycles. The number of amides is 1. The number of halogens is 1. The Labute approximate surface area is 193 Å². The summed E-state index contributed by atoms with van der Waals surface area (Å²) in [7, 11) is 0. The van der Waals surface area contributed by atoms with Gasteiger partial charge in [0.05, 0.1) is 22.9 Å². The van der Waals surface area contributed by atoms with Crippen molar-refractivity contribution in [3.63, 3.8) is 0 Å². The van der Waals surface area contributed by atoms with Gasteiger partial charge in [-0.15, -0.1) is 0 Å². The Morgan fingerprint density at radius 1 is 1.21 bits per heavy atom. The van der Waals surface area contributed by atoms with Crippen molar-refractivity contribution >= 4 is 5.91 Å². The summed E-state index contributed by atoms with van der Waals surface area (Å²) < 4.78 is 14.7. The Kier molecular flexibility index (Phi) is 4.78. The van der Waals surface area contributed by atoms with Crippen LogP contribution >= 0.6 is 0 Å². The molecule has 33 heavy (non-hydrogen) atoms. The van der Waals surface area contributed by atoms with E-state index in [9.17, 15) is 9.18 Å². The smallest absolute Gasteiger partial charge is 0.250 e. The number of rotatable bonds is 3. The fourth-order valence-corrected chi connectivity index (χ4v) is 5.64. The van der Waals surface area contributed by atoms with Crippen molar-refractivity contribution in [1.82, 2.24) is 15.6 Å². The molecule has 2 N–H and O–H groups in total. The molecule has 0 fully saturated rings. The fourth-order valence-electron chi connectivity index (χ4n) is 5.64. The quantitative estimate of drug-likeness (QED) is 0.693. The number of nitrogens with zero attached hydrogens (tertiary/aromatic N) is 3. The van der Waals surface area contributed by atoms with Crippen molar-refractivity contribution in [1.29, 1.82) is 0 Å². The number of azo groups is 1. The third-order valence-electron chi connectivity index (χ3n) is 6.97. The van der Waals surface area contributed by atoms with Crippen LogP contribution in [-0.4, -0.2) is 22.6 Å². The summed E-state index contributed by atoms with van der Waals surface area (Å²) in [6, 6.07) is 9.60. The molecule has 1 amide bonds. The van der Waals surface area contributed by atoms with Crippen LogP contribution in [-0.2, 0) is 10.2 Å². The van der Waals surface area contributed by atoms with Gasteiger partial charge in [-0.05, 0) is 57.4 Å². The van der Waals surface area contributed by atoms with Crippen molar-refractivity contribution < 1.29 is 9.18 Å². The number of carbonyl (C=O) groups excluding carboxylic acids is 1. The lowest BCUT2D eigenvalue weighted by atomic mass is 9.61. The van der Waals surface area contributed by atoms with Gasteiger partial charge in [0.15, 0.2) is 6.17 Å². The molecule has 0 spiro atoms.